The fraction of sp³-hybridized carbons (Fsp3) is 0.557. The zero-order chi connectivity index (χ0) is 50.8. The van der Waals surface area contributed by atoms with Crippen LogP contribution in [-0.2, 0) is 14.3 Å². The second kappa shape index (κ2) is 48.4. The fourth-order valence-electron chi connectivity index (χ4n) is 7.13. The number of allylic oxidation sites excluding steroid dienone is 25. The monoisotopic (exact) mass is 970 g/mol. The molecule has 9 nitrogen and oxygen atoms in total. The van der Waals surface area contributed by atoms with Gasteiger partial charge < -0.3 is 40.3 Å². The van der Waals surface area contributed by atoms with E-state index in [1.165, 1.54) is 0 Å². The number of hydrogen-bond donors (Lipinski definition) is 6. The molecule has 0 aromatic heterocycles. The van der Waals surface area contributed by atoms with Gasteiger partial charge >= 0.3 is 0 Å². The summed E-state index contributed by atoms with van der Waals surface area (Å²) in [6.07, 6.45) is 70.7. The maximum Gasteiger partial charge on any atom is 0.220 e. The summed E-state index contributed by atoms with van der Waals surface area (Å²) in [6.45, 7) is 3.52. The smallest absolute Gasteiger partial charge is 0.220 e. The fourth-order valence-corrected chi connectivity index (χ4v) is 7.13. The van der Waals surface area contributed by atoms with Crippen LogP contribution in [0.5, 0.6) is 0 Å². The molecule has 0 saturated carbocycles. The van der Waals surface area contributed by atoms with E-state index in [0.29, 0.717) is 12.8 Å². The Morgan fingerprint density at radius 3 is 1.30 bits per heavy atom. The van der Waals surface area contributed by atoms with E-state index in [4.69, 9.17) is 9.47 Å². The Labute approximate surface area is 425 Å². The molecule has 7 atom stereocenters. The van der Waals surface area contributed by atoms with E-state index in [9.17, 15) is 30.3 Å². The van der Waals surface area contributed by atoms with Crippen LogP contribution in [0.15, 0.2) is 158 Å². The van der Waals surface area contributed by atoms with Gasteiger partial charge in [0.25, 0.3) is 0 Å². The van der Waals surface area contributed by atoms with Gasteiger partial charge in [-0.2, -0.15) is 0 Å². The average Bonchev–Trinajstić information content (AvgIpc) is 3.36. The van der Waals surface area contributed by atoms with Crippen molar-refractivity contribution in [2.45, 2.75) is 204 Å². The molecule has 0 radical (unpaired) electrons. The van der Waals surface area contributed by atoms with E-state index in [-0.39, 0.29) is 12.5 Å². The number of carbonyl (C=O) groups is 1. The van der Waals surface area contributed by atoms with Crippen LogP contribution in [0.25, 0.3) is 0 Å². The van der Waals surface area contributed by atoms with Crippen molar-refractivity contribution in [3.05, 3.63) is 158 Å². The molecule has 1 rings (SSSR count). The highest BCUT2D eigenvalue weighted by atomic mass is 16.7. The Balaban J connectivity index is 2.13. The molecule has 9 heteroatoms. The van der Waals surface area contributed by atoms with Crippen molar-refractivity contribution < 1.29 is 39.8 Å². The molecular formula is C61H95NO8. The molecule has 1 aliphatic rings. The van der Waals surface area contributed by atoms with E-state index in [2.05, 4.69) is 165 Å². The predicted octanol–water partition coefficient (Wildman–Crippen LogP) is 12.9. The lowest BCUT2D eigenvalue weighted by Crippen LogP contribution is -2.60. The highest BCUT2D eigenvalue weighted by molar-refractivity contribution is 5.76. The Kier molecular flexibility index (Phi) is 44.2. The average molecular weight is 970 g/mol. The highest BCUT2D eigenvalue weighted by Gasteiger charge is 2.44. The number of nitrogens with one attached hydrogen (secondary N) is 1. The number of rotatable bonds is 42. The summed E-state index contributed by atoms with van der Waals surface area (Å²) in [4.78, 5) is 12.9. The molecule has 0 aromatic carbocycles. The number of aliphatic hydroxyl groups is 5. The lowest BCUT2D eigenvalue weighted by Gasteiger charge is -2.40. The van der Waals surface area contributed by atoms with Crippen LogP contribution in [0.3, 0.4) is 0 Å². The minimum Gasteiger partial charge on any atom is -0.394 e. The Bertz CT molecular complexity index is 1640. The van der Waals surface area contributed by atoms with Crippen LogP contribution in [0, 0.1) is 0 Å². The van der Waals surface area contributed by atoms with Gasteiger partial charge in [-0.25, -0.2) is 0 Å². The van der Waals surface area contributed by atoms with Crippen LogP contribution in [0.2, 0.25) is 0 Å². The summed E-state index contributed by atoms with van der Waals surface area (Å²) >= 11 is 0. The number of aliphatic hydroxyl groups excluding tert-OH is 5. The van der Waals surface area contributed by atoms with Gasteiger partial charge in [-0.3, -0.25) is 4.79 Å². The summed E-state index contributed by atoms with van der Waals surface area (Å²) in [5.74, 6) is -0.216. The maximum absolute atomic E-state index is 12.9. The minimum absolute atomic E-state index is 0.211. The molecule has 1 amide bonds. The van der Waals surface area contributed by atoms with Crippen molar-refractivity contribution in [3.63, 3.8) is 0 Å². The molecule has 392 valence electrons. The van der Waals surface area contributed by atoms with Crippen LogP contribution in [-0.4, -0.2) is 87.5 Å². The maximum atomic E-state index is 12.9. The minimum atomic E-state index is -1.58. The quantitative estimate of drug-likeness (QED) is 0.0262. The second-order valence-corrected chi connectivity index (χ2v) is 17.6. The molecule has 7 unspecified atom stereocenters. The number of ether oxygens (including phenoxy) is 2. The zero-order valence-corrected chi connectivity index (χ0v) is 43.2. The van der Waals surface area contributed by atoms with E-state index in [0.717, 1.165) is 135 Å². The van der Waals surface area contributed by atoms with Crippen LogP contribution in [0.4, 0.5) is 0 Å². The molecule has 1 fully saturated rings. The zero-order valence-electron chi connectivity index (χ0n) is 43.2. The predicted molar refractivity (Wildman–Crippen MR) is 294 cm³/mol. The van der Waals surface area contributed by atoms with Gasteiger partial charge in [-0.05, 0) is 109 Å². The third kappa shape index (κ3) is 37.6. The van der Waals surface area contributed by atoms with E-state index >= 15 is 0 Å². The molecule has 70 heavy (non-hydrogen) atoms. The second-order valence-electron chi connectivity index (χ2n) is 17.6. The van der Waals surface area contributed by atoms with Crippen LogP contribution in [0.1, 0.15) is 162 Å². The van der Waals surface area contributed by atoms with Gasteiger partial charge in [0.15, 0.2) is 6.29 Å². The molecule has 1 saturated heterocycles. The molecule has 1 heterocycles. The first-order valence-corrected chi connectivity index (χ1v) is 26.7. The van der Waals surface area contributed by atoms with Crippen molar-refractivity contribution in [1.29, 1.82) is 0 Å². The first-order chi connectivity index (χ1) is 34.3. The molecule has 6 N–H and O–H groups in total. The highest BCUT2D eigenvalue weighted by Crippen LogP contribution is 2.22. The van der Waals surface area contributed by atoms with Gasteiger partial charge in [0.1, 0.15) is 24.4 Å². The molecule has 0 bridgehead atoms. The van der Waals surface area contributed by atoms with Gasteiger partial charge in [0.2, 0.25) is 5.91 Å². The summed E-state index contributed by atoms with van der Waals surface area (Å²) in [7, 11) is 0. The van der Waals surface area contributed by atoms with E-state index < -0.39 is 49.5 Å². The molecular weight excluding hydrogens is 875 g/mol. The molecule has 0 aliphatic carbocycles. The van der Waals surface area contributed by atoms with Crippen LogP contribution >= 0.6 is 0 Å². The molecule has 1 aliphatic heterocycles. The first-order valence-electron chi connectivity index (χ1n) is 26.7. The standard InChI is InChI=1S/C61H95NO8/c1-3-5-7-9-11-12-13-14-15-16-17-18-19-20-21-22-23-24-25-26-27-28-29-30-31-32-33-34-35-36-37-38-39-40-41-42-43-44-45-47-49-51-57(65)62-54(55(64)50-48-46-10-8-6-4-2)53-69-61-60(68)59(67)58(66)56(52-63)70-61/h5,7,11-12,14-15,17-18,20-21,23-24,26-27,29-30,32-33,35-36,38-39,41-42,48,50,54-56,58-61,63-64,66-68H,3-4,6,8-10,13,16,19,22,25,28,31,34,37,40,43-47,49,51-53H2,1-2H3,(H,62,65)/b7-5-,12-11-,15-14-,18-17-,21-20-,24-23-,27-26-,30-29-,33-32-,36-35-,39-38-,42-41-,50-48+. The molecule has 0 aromatic rings. The normalized spacial score (nSPS) is 20.7. The Morgan fingerprint density at radius 1 is 0.500 bits per heavy atom. The third-order valence-electron chi connectivity index (χ3n) is 11.4. The summed E-state index contributed by atoms with van der Waals surface area (Å²) < 4.78 is 11.1. The largest absolute Gasteiger partial charge is 0.394 e. The Morgan fingerprint density at radius 2 is 0.886 bits per heavy atom. The first kappa shape index (κ1) is 63.8. The van der Waals surface area contributed by atoms with E-state index in [1.807, 2.05) is 6.08 Å². The van der Waals surface area contributed by atoms with Crippen molar-refractivity contribution in [1.82, 2.24) is 5.32 Å². The third-order valence-corrected chi connectivity index (χ3v) is 11.4. The Hall–Kier alpha value is -4.19. The lowest BCUT2D eigenvalue weighted by molar-refractivity contribution is -0.302. The van der Waals surface area contributed by atoms with Gasteiger partial charge in [0, 0.05) is 6.42 Å². The topological polar surface area (TPSA) is 149 Å². The van der Waals surface area contributed by atoms with Gasteiger partial charge in [-0.15, -0.1) is 0 Å². The summed E-state index contributed by atoms with van der Waals surface area (Å²) in [5, 5.41) is 53.8. The number of amides is 1. The summed E-state index contributed by atoms with van der Waals surface area (Å²) in [6, 6.07) is -0.826. The van der Waals surface area contributed by atoms with Gasteiger partial charge in [-0.1, -0.05) is 204 Å². The SMILES string of the molecule is CC/C=C\C/C=C\C/C=C\C/C=C\C/C=C\C/C=C\C/C=C\C/C=C\C/C=C\C/C=C\C/C=C\C/C=C\CCCCCCC(=O)NC(COC1OC(CO)C(O)C(O)C1O)C(O)/C=C/CCCCCC. The van der Waals surface area contributed by atoms with Crippen molar-refractivity contribution >= 4 is 5.91 Å². The molecule has 0 spiro atoms. The van der Waals surface area contributed by atoms with Crippen LogP contribution < -0.4 is 5.32 Å². The van der Waals surface area contributed by atoms with E-state index in [1.54, 1.807) is 6.08 Å². The van der Waals surface area contributed by atoms with Crippen molar-refractivity contribution in [3.8, 4) is 0 Å². The lowest BCUT2D eigenvalue weighted by atomic mass is 9.99. The number of carbonyl (C=O) groups excluding carboxylic acids is 1. The van der Waals surface area contributed by atoms with Crippen molar-refractivity contribution in [2.24, 2.45) is 0 Å². The number of hydrogen-bond acceptors (Lipinski definition) is 8. The van der Waals surface area contributed by atoms with Crippen molar-refractivity contribution in [2.75, 3.05) is 13.2 Å². The number of unbranched alkanes of at least 4 members (excludes halogenated alkanes) is 8. The van der Waals surface area contributed by atoms with Gasteiger partial charge in [0.05, 0.1) is 25.4 Å². The summed E-state index contributed by atoms with van der Waals surface area (Å²) in [5.41, 5.74) is 0.